The zero-order chi connectivity index (χ0) is 22.2. The summed E-state index contributed by atoms with van der Waals surface area (Å²) in [4.78, 5) is 23.6. The Morgan fingerprint density at radius 1 is 1.38 bits per heavy atom. The zero-order valence-electron chi connectivity index (χ0n) is 17.4. The number of nitrogens with two attached hydrogens (primary N) is 1. The summed E-state index contributed by atoms with van der Waals surface area (Å²) >= 11 is 1.27. The molecule has 1 aliphatic rings. The number of ether oxygens (including phenoxy) is 1. The van der Waals surface area contributed by atoms with E-state index in [1.54, 1.807) is 41.7 Å². The Labute approximate surface area is 188 Å². The molecule has 1 saturated heterocycles. The average Bonchev–Trinajstić information content (AvgIpc) is 3.53. The number of carbonyl (C=O) groups is 1. The Kier molecular flexibility index (Phi) is 5.16. The van der Waals surface area contributed by atoms with E-state index >= 15 is 0 Å². The van der Waals surface area contributed by atoms with Crippen LogP contribution in [0.25, 0.3) is 15.9 Å². The maximum Gasteiger partial charge on any atom is 0.275 e. The first kappa shape index (κ1) is 20.3. The van der Waals surface area contributed by atoms with E-state index < -0.39 is 0 Å². The summed E-state index contributed by atoms with van der Waals surface area (Å²) < 4.78 is 6.80. The number of amides is 1. The number of benzene rings is 1. The predicted octanol–water partition coefficient (Wildman–Crippen LogP) is 2.99. The molecule has 1 aromatic carbocycles. The minimum absolute atomic E-state index is 0.0418. The van der Waals surface area contributed by atoms with Gasteiger partial charge in [0.25, 0.3) is 5.91 Å². The third-order valence-electron chi connectivity index (χ3n) is 5.54. The number of aromatic hydroxyl groups is 1. The number of carbonyl (C=O) groups excluding carboxylic acids is 1. The zero-order valence-corrected chi connectivity index (χ0v) is 18.2. The first-order valence-electron chi connectivity index (χ1n) is 10.1. The van der Waals surface area contributed by atoms with Crippen molar-refractivity contribution in [1.82, 2.24) is 14.5 Å². The van der Waals surface area contributed by atoms with Crippen LogP contribution >= 0.6 is 11.3 Å². The summed E-state index contributed by atoms with van der Waals surface area (Å²) in [6, 6.07) is 7.44. The quantitative estimate of drug-likeness (QED) is 0.428. The Hall–Kier alpha value is -3.63. The van der Waals surface area contributed by atoms with Crippen LogP contribution in [0.1, 0.15) is 16.9 Å². The van der Waals surface area contributed by atoms with Gasteiger partial charge in [0.05, 0.1) is 24.7 Å². The highest BCUT2D eigenvalue weighted by Crippen LogP contribution is 2.34. The molecule has 0 spiro atoms. The second kappa shape index (κ2) is 8.13. The third kappa shape index (κ3) is 3.63. The molecule has 0 aliphatic carbocycles. The van der Waals surface area contributed by atoms with E-state index in [1.807, 2.05) is 18.2 Å². The van der Waals surface area contributed by atoms with Crippen molar-refractivity contribution in [1.29, 1.82) is 0 Å². The Morgan fingerprint density at radius 3 is 3.03 bits per heavy atom. The van der Waals surface area contributed by atoms with Gasteiger partial charge < -0.3 is 25.8 Å². The van der Waals surface area contributed by atoms with Gasteiger partial charge in [-0.05, 0) is 30.7 Å². The molecule has 4 N–H and O–H groups in total. The van der Waals surface area contributed by atoms with Gasteiger partial charge in [0.15, 0.2) is 5.13 Å². The van der Waals surface area contributed by atoms with E-state index in [-0.39, 0.29) is 23.5 Å². The van der Waals surface area contributed by atoms with Crippen molar-refractivity contribution in [2.75, 3.05) is 30.4 Å². The molecule has 5 rings (SSSR count). The van der Waals surface area contributed by atoms with Gasteiger partial charge in [-0.3, -0.25) is 14.3 Å². The van der Waals surface area contributed by atoms with Crippen LogP contribution in [0.5, 0.6) is 11.6 Å². The molecule has 164 valence electrons. The number of nitrogens with zero attached hydrogens (tertiary/aromatic N) is 4. The first-order chi connectivity index (χ1) is 15.5. The lowest BCUT2D eigenvalue weighted by Gasteiger charge is -2.21. The van der Waals surface area contributed by atoms with Gasteiger partial charge >= 0.3 is 0 Å². The number of anilines is 2. The summed E-state index contributed by atoms with van der Waals surface area (Å²) in [7, 11) is 1.58. The molecule has 32 heavy (non-hydrogen) atoms. The summed E-state index contributed by atoms with van der Waals surface area (Å²) in [5, 5.41) is 17.2. The van der Waals surface area contributed by atoms with E-state index in [0.29, 0.717) is 22.0 Å². The fraction of sp³-hybridized carbons (Fsp3) is 0.227. The summed E-state index contributed by atoms with van der Waals surface area (Å²) in [6.07, 6.45) is 6.01. The van der Waals surface area contributed by atoms with Crippen LogP contribution in [0.15, 0.2) is 48.2 Å². The number of hydrogen-bond acceptors (Lipinski definition) is 8. The predicted molar refractivity (Wildman–Crippen MR) is 124 cm³/mol. The molecule has 1 amide bonds. The van der Waals surface area contributed by atoms with Crippen molar-refractivity contribution in [3.05, 3.63) is 53.9 Å². The van der Waals surface area contributed by atoms with Crippen molar-refractivity contribution in [2.24, 2.45) is 5.73 Å². The number of rotatable bonds is 5. The molecule has 0 radical (unpaired) electrons. The highest BCUT2D eigenvalue weighted by Gasteiger charge is 2.23. The minimum atomic E-state index is -0.344. The molecule has 10 heteroatoms. The van der Waals surface area contributed by atoms with Gasteiger partial charge in [-0.15, -0.1) is 11.3 Å². The second-order valence-corrected chi connectivity index (χ2v) is 8.47. The van der Waals surface area contributed by atoms with E-state index in [4.69, 9.17) is 10.5 Å². The molecule has 1 aliphatic heterocycles. The first-order valence-corrected chi connectivity index (χ1v) is 11.0. The van der Waals surface area contributed by atoms with Crippen LogP contribution in [0.3, 0.4) is 0 Å². The van der Waals surface area contributed by atoms with E-state index in [9.17, 15) is 9.90 Å². The number of aromatic nitrogens is 3. The summed E-state index contributed by atoms with van der Waals surface area (Å²) in [5.74, 6) is 0.347. The molecule has 0 bridgehead atoms. The fourth-order valence-electron chi connectivity index (χ4n) is 3.88. The number of pyridine rings is 1. The summed E-state index contributed by atoms with van der Waals surface area (Å²) in [5.41, 5.74) is 7.80. The lowest BCUT2D eigenvalue weighted by Crippen LogP contribution is -2.27. The van der Waals surface area contributed by atoms with Crippen molar-refractivity contribution in [2.45, 2.75) is 12.5 Å². The molecule has 4 aromatic rings. The van der Waals surface area contributed by atoms with Crippen LogP contribution in [0.2, 0.25) is 0 Å². The molecule has 0 unspecified atom stereocenters. The average molecular weight is 451 g/mol. The van der Waals surface area contributed by atoms with Gasteiger partial charge in [0, 0.05) is 47.7 Å². The van der Waals surface area contributed by atoms with Gasteiger partial charge in [-0.25, -0.2) is 4.98 Å². The van der Waals surface area contributed by atoms with Gasteiger partial charge in [0.1, 0.15) is 11.4 Å². The van der Waals surface area contributed by atoms with Crippen LogP contribution in [-0.4, -0.2) is 51.8 Å². The highest BCUT2D eigenvalue weighted by molar-refractivity contribution is 7.12. The Morgan fingerprint density at radius 2 is 2.25 bits per heavy atom. The lowest BCUT2D eigenvalue weighted by atomic mass is 10.2. The molecule has 3 aromatic heterocycles. The van der Waals surface area contributed by atoms with E-state index in [0.717, 1.165) is 30.6 Å². The smallest absolute Gasteiger partial charge is 0.275 e. The molecule has 9 nitrogen and oxygen atoms in total. The van der Waals surface area contributed by atoms with Crippen LogP contribution in [0.4, 0.5) is 11.4 Å². The maximum atomic E-state index is 12.9. The Bertz CT molecular complexity index is 1300. The van der Waals surface area contributed by atoms with Gasteiger partial charge in [0.2, 0.25) is 5.88 Å². The van der Waals surface area contributed by atoms with Crippen LogP contribution in [0, 0.1) is 0 Å². The summed E-state index contributed by atoms with van der Waals surface area (Å²) in [6.45, 7) is 1.57. The van der Waals surface area contributed by atoms with Crippen LogP contribution in [-0.2, 0) is 0 Å². The van der Waals surface area contributed by atoms with Crippen molar-refractivity contribution in [3.8, 4) is 16.8 Å². The third-order valence-corrected chi connectivity index (χ3v) is 6.38. The SMILES string of the molecule is COc1ccc2cn(-c3nc(C(=O)Nc4cnccc4N4CC[C@H](N)C4)cs3)c(O)c2c1. The van der Waals surface area contributed by atoms with Gasteiger partial charge in [-0.1, -0.05) is 0 Å². The second-order valence-electron chi connectivity index (χ2n) is 7.63. The highest BCUT2D eigenvalue weighted by atomic mass is 32.1. The van der Waals surface area contributed by atoms with Crippen molar-refractivity contribution < 1.29 is 14.6 Å². The largest absolute Gasteiger partial charge is 0.497 e. The number of nitrogens with one attached hydrogen (secondary N) is 1. The molecule has 1 atom stereocenters. The maximum absolute atomic E-state index is 12.9. The van der Waals surface area contributed by atoms with Crippen molar-refractivity contribution in [3.63, 3.8) is 0 Å². The molecule has 1 fully saturated rings. The topological polar surface area (TPSA) is 119 Å². The molecule has 4 heterocycles. The molecular formula is C22H22N6O3S. The van der Waals surface area contributed by atoms with Crippen molar-refractivity contribution >= 4 is 39.4 Å². The monoisotopic (exact) mass is 450 g/mol. The lowest BCUT2D eigenvalue weighted by molar-refractivity contribution is 0.102. The van der Waals surface area contributed by atoms with E-state index in [2.05, 4.69) is 20.2 Å². The van der Waals surface area contributed by atoms with Gasteiger partial charge in [-0.2, -0.15) is 0 Å². The fourth-order valence-corrected chi connectivity index (χ4v) is 4.66. The number of thiazole rings is 1. The normalized spacial score (nSPS) is 15.9. The number of methoxy groups -OCH3 is 1. The minimum Gasteiger partial charge on any atom is -0.497 e. The molecule has 0 saturated carbocycles. The van der Waals surface area contributed by atoms with Crippen LogP contribution < -0.4 is 20.7 Å². The molecular weight excluding hydrogens is 428 g/mol. The Balaban J connectivity index is 1.40. The standard InChI is InChI=1S/C22H22N6O3S/c1-31-15-3-2-13-10-28(21(30)16(13)8-15)22-26-18(12-32-22)20(29)25-17-9-24-6-4-19(17)27-7-5-14(23)11-27/h2-4,6,8-10,12,14,30H,5,7,11,23H2,1H3,(H,25,29)/t14-/m0/s1. The number of fused-ring (bicyclic) bond motifs is 1. The number of hydrogen-bond donors (Lipinski definition) is 3. The van der Waals surface area contributed by atoms with E-state index in [1.165, 1.54) is 11.3 Å².